The largest absolute Gasteiger partial charge is 0.368 e. The second kappa shape index (κ2) is 4.37. The zero-order chi connectivity index (χ0) is 12.6. The summed E-state index contributed by atoms with van der Waals surface area (Å²) >= 11 is 5.79. The lowest BCUT2D eigenvalue weighted by atomic mass is 10.0. The van der Waals surface area contributed by atoms with E-state index in [2.05, 4.69) is 0 Å². The Morgan fingerprint density at radius 2 is 2.00 bits per heavy atom. The van der Waals surface area contributed by atoms with Crippen LogP contribution in [-0.4, -0.2) is 17.9 Å². The molecule has 0 unspecified atom stereocenters. The number of carbonyl (C=O) groups excluding carboxylic acids is 2. The van der Waals surface area contributed by atoms with Crippen molar-refractivity contribution in [2.75, 3.05) is 4.90 Å². The van der Waals surface area contributed by atoms with Crippen LogP contribution in [0.3, 0.4) is 0 Å². The van der Waals surface area contributed by atoms with Crippen LogP contribution in [0.4, 0.5) is 5.69 Å². The lowest BCUT2D eigenvalue weighted by Crippen LogP contribution is -2.44. The molecule has 0 bridgehead atoms. The third-order valence-electron chi connectivity index (χ3n) is 2.98. The van der Waals surface area contributed by atoms with Gasteiger partial charge in [-0.2, -0.15) is 0 Å². The Bertz CT molecular complexity index is 458. The number of anilines is 1. The van der Waals surface area contributed by atoms with Crippen molar-refractivity contribution < 1.29 is 9.59 Å². The fourth-order valence-corrected chi connectivity index (χ4v) is 2.33. The highest BCUT2D eigenvalue weighted by Gasteiger charge is 2.41. The molecule has 2 atom stereocenters. The number of carbonyl (C=O) groups is 2. The lowest BCUT2D eigenvalue weighted by molar-refractivity contribution is -0.121. The zero-order valence-corrected chi connectivity index (χ0v) is 10.1. The van der Waals surface area contributed by atoms with Gasteiger partial charge in [-0.25, -0.2) is 0 Å². The standard InChI is InChI=1S/C12H13ClN2O2/c1-7-6-10(16)15(11(7)12(14)17)9-4-2-8(13)3-5-9/h2-5,7,11H,6H2,1H3,(H2,14,17)/t7-,11-/m1/s1. The van der Waals surface area contributed by atoms with E-state index in [0.29, 0.717) is 17.1 Å². The molecule has 2 rings (SSSR count). The lowest BCUT2D eigenvalue weighted by Gasteiger charge is -2.24. The molecule has 17 heavy (non-hydrogen) atoms. The maximum atomic E-state index is 11.9. The highest BCUT2D eigenvalue weighted by atomic mass is 35.5. The third kappa shape index (κ3) is 2.13. The summed E-state index contributed by atoms with van der Waals surface area (Å²) in [6, 6.07) is 6.24. The first-order valence-corrected chi connectivity index (χ1v) is 5.75. The van der Waals surface area contributed by atoms with E-state index in [-0.39, 0.29) is 11.8 Å². The zero-order valence-electron chi connectivity index (χ0n) is 9.39. The molecule has 5 heteroatoms. The quantitative estimate of drug-likeness (QED) is 0.868. The van der Waals surface area contributed by atoms with Crippen LogP contribution < -0.4 is 10.6 Å². The molecule has 1 aliphatic rings. The SMILES string of the molecule is C[C@@H]1CC(=O)N(c2ccc(Cl)cc2)[C@H]1C(N)=O. The molecule has 0 spiro atoms. The van der Waals surface area contributed by atoms with Crippen LogP contribution in [0.5, 0.6) is 0 Å². The van der Waals surface area contributed by atoms with Gasteiger partial charge >= 0.3 is 0 Å². The minimum absolute atomic E-state index is 0.0596. The fraction of sp³-hybridized carbons (Fsp3) is 0.333. The molecule has 0 aromatic heterocycles. The van der Waals surface area contributed by atoms with E-state index in [1.165, 1.54) is 4.90 Å². The molecule has 4 nitrogen and oxygen atoms in total. The monoisotopic (exact) mass is 252 g/mol. The van der Waals surface area contributed by atoms with E-state index in [4.69, 9.17) is 17.3 Å². The van der Waals surface area contributed by atoms with Crippen LogP contribution in [0, 0.1) is 5.92 Å². The average Bonchev–Trinajstić information content (AvgIpc) is 2.55. The second-order valence-corrected chi connectivity index (χ2v) is 4.71. The topological polar surface area (TPSA) is 63.4 Å². The highest BCUT2D eigenvalue weighted by Crippen LogP contribution is 2.31. The molecule has 2 amide bonds. The Hall–Kier alpha value is -1.55. The first-order valence-electron chi connectivity index (χ1n) is 5.37. The number of halogens is 1. The maximum Gasteiger partial charge on any atom is 0.240 e. The number of nitrogens with zero attached hydrogens (tertiary/aromatic N) is 1. The fourth-order valence-electron chi connectivity index (χ4n) is 2.21. The number of benzene rings is 1. The van der Waals surface area contributed by atoms with E-state index in [1.54, 1.807) is 24.3 Å². The van der Waals surface area contributed by atoms with Crippen LogP contribution in [0.2, 0.25) is 5.02 Å². The van der Waals surface area contributed by atoms with Gasteiger partial charge in [0, 0.05) is 17.1 Å². The Labute approximate surface area is 104 Å². The molecule has 1 fully saturated rings. The number of hydrogen-bond donors (Lipinski definition) is 1. The van der Waals surface area contributed by atoms with Crippen molar-refractivity contribution in [1.82, 2.24) is 0 Å². The molecule has 2 N–H and O–H groups in total. The van der Waals surface area contributed by atoms with Gasteiger partial charge in [0.2, 0.25) is 11.8 Å². The third-order valence-corrected chi connectivity index (χ3v) is 3.23. The van der Waals surface area contributed by atoms with Gasteiger partial charge in [-0.3, -0.25) is 14.5 Å². The smallest absolute Gasteiger partial charge is 0.240 e. The van der Waals surface area contributed by atoms with Crippen molar-refractivity contribution in [3.8, 4) is 0 Å². The van der Waals surface area contributed by atoms with Crippen LogP contribution in [-0.2, 0) is 9.59 Å². The van der Waals surface area contributed by atoms with Crippen LogP contribution in [0.1, 0.15) is 13.3 Å². The summed E-state index contributed by atoms with van der Waals surface area (Å²) in [6.07, 6.45) is 0.343. The molecule has 90 valence electrons. The van der Waals surface area contributed by atoms with Crippen molar-refractivity contribution in [2.24, 2.45) is 11.7 Å². The Morgan fingerprint density at radius 3 is 2.53 bits per heavy atom. The number of hydrogen-bond acceptors (Lipinski definition) is 2. The van der Waals surface area contributed by atoms with Gasteiger partial charge in [0.05, 0.1) is 0 Å². The van der Waals surface area contributed by atoms with Gasteiger partial charge in [-0.05, 0) is 30.2 Å². The average molecular weight is 253 g/mol. The van der Waals surface area contributed by atoms with E-state index >= 15 is 0 Å². The number of primary amides is 1. The van der Waals surface area contributed by atoms with E-state index < -0.39 is 11.9 Å². The van der Waals surface area contributed by atoms with Gasteiger partial charge in [0.25, 0.3) is 0 Å². The van der Waals surface area contributed by atoms with Gasteiger partial charge in [0.15, 0.2) is 0 Å². The maximum absolute atomic E-state index is 11.9. The highest BCUT2D eigenvalue weighted by molar-refractivity contribution is 6.30. The number of amides is 2. The molecule has 1 aromatic rings. The molecule has 1 aromatic carbocycles. The summed E-state index contributed by atoms with van der Waals surface area (Å²) in [7, 11) is 0. The summed E-state index contributed by atoms with van der Waals surface area (Å²) in [4.78, 5) is 24.7. The molecule has 0 saturated carbocycles. The van der Waals surface area contributed by atoms with Gasteiger partial charge in [-0.15, -0.1) is 0 Å². The Morgan fingerprint density at radius 1 is 1.41 bits per heavy atom. The van der Waals surface area contributed by atoms with Crippen LogP contribution in [0.15, 0.2) is 24.3 Å². The van der Waals surface area contributed by atoms with E-state index in [9.17, 15) is 9.59 Å². The minimum Gasteiger partial charge on any atom is -0.368 e. The summed E-state index contributed by atoms with van der Waals surface area (Å²) in [5.41, 5.74) is 6.01. The number of rotatable bonds is 2. The van der Waals surface area contributed by atoms with Gasteiger partial charge in [-0.1, -0.05) is 18.5 Å². The number of nitrogens with two attached hydrogens (primary N) is 1. The molecule has 0 aliphatic carbocycles. The summed E-state index contributed by atoms with van der Waals surface area (Å²) < 4.78 is 0. The normalized spacial score (nSPS) is 24.1. The van der Waals surface area contributed by atoms with Crippen molar-refractivity contribution in [3.05, 3.63) is 29.3 Å². The summed E-state index contributed by atoms with van der Waals surface area (Å²) in [5.74, 6) is -0.613. The molecule has 1 aliphatic heterocycles. The van der Waals surface area contributed by atoms with E-state index in [1.807, 2.05) is 6.92 Å². The summed E-state index contributed by atoms with van der Waals surface area (Å²) in [6.45, 7) is 1.85. The first-order chi connectivity index (χ1) is 8.00. The van der Waals surface area contributed by atoms with Crippen molar-refractivity contribution >= 4 is 29.1 Å². The van der Waals surface area contributed by atoms with Gasteiger partial charge in [0.1, 0.15) is 6.04 Å². The second-order valence-electron chi connectivity index (χ2n) is 4.27. The van der Waals surface area contributed by atoms with E-state index in [0.717, 1.165) is 0 Å². The molecular formula is C12H13ClN2O2. The van der Waals surface area contributed by atoms with Crippen molar-refractivity contribution in [3.63, 3.8) is 0 Å². The molecule has 1 heterocycles. The minimum atomic E-state index is -0.566. The van der Waals surface area contributed by atoms with Crippen molar-refractivity contribution in [1.29, 1.82) is 0 Å². The Balaban J connectivity index is 2.38. The predicted octanol–water partition coefficient (Wildman–Crippen LogP) is 1.57. The van der Waals surface area contributed by atoms with Crippen LogP contribution >= 0.6 is 11.6 Å². The first kappa shape index (κ1) is 11.9. The predicted molar refractivity (Wildman–Crippen MR) is 65.7 cm³/mol. The van der Waals surface area contributed by atoms with Crippen LogP contribution in [0.25, 0.3) is 0 Å². The molecule has 1 saturated heterocycles. The Kier molecular flexibility index (Phi) is 3.07. The van der Waals surface area contributed by atoms with Gasteiger partial charge < -0.3 is 5.73 Å². The molecule has 0 radical (unpaired) electrons. The van der Waals surface area contributed by atoms with Crippen molar-refractivity contribution in [2.45, 2.75) is 19.4 Å². The summed E-state index contributed by atoms with van der Waals surface area (Å²) in [5, 5.41) is 0.587. The molecular weight excluding hydrogens is 240 g/mol.